The Hall–Kier alpha value is -2.60. The van der Waals surface area contributed by atoms with Crippen molar-refractivity contribution in [3.05, 3.63) is 68.7 Å². The van der Waals surface area contributed by atoms with Crippen LogP contribution in [-0.4, -0.2) is 30.5 Å². The van der Waals surface area contributed by atoms with Gasteiger partial charge in [-0.1, -0.05) is 23.7 Å². The van der Waals surface area contributed by atoms with Crippen LogP contribution in [0.1, 0.15) is 41.6 Å². The molecule has 2 aromatic carbocycles. The minimum atomic E-state index is -0.541. The summed E-state index contributed by atoms with van der Waals surface area (Å²) in [6.07, 6.45) is 5.47. The molecule has 0 bridgehead atoms. The monoisotopic (exact) mass is 401 g/mol. The minimum absolute atomic E-state index is 0.127. The van der Waals surface area contributed by atoms with Crippen LogP contribution in [0.3, 0.4) is 0 Å². The Morgan fingerprint density at radius 3 is 2.50 bits per heavy atom. The molecule has 28 heavy (non-hydrogen) atoms. The number of hydrogen-bond acceptors (Lipinski definition) is 4. The standard InChI is InChI=1S/C21H24ClN3O3/c22-20-11-10-18(25(27)28)15-19(20)21(26)23-12-4-5-16-6-8-17(9-7-16)24-13-2-1-3-14-24/h6-11,15H,1-5,12-14H2,(H,23,26). The predicted octanol–water partition coefficient (Wildman–Crippen LogP) is 4.60. The van der Waals surface area contributed by atoms with Crippen molar-refractivity contribution in [2.24, 2.45) is 0 Å². The number of nitrogens with zero attached hydrogens (tertiary/aromatic N) is 2. The highest BCUT2D eigenvalue weighted by atomic mass is 35.5. The van der Waals surface area contributed by atoms with Gasteiger partial charge in [0.2, 0.25) is 0 Å². The quantitative estimate of drug-likeness (QED) is 0.418. The number of halogens is 1. The molecule has 3 rings (SSSR count). The first-order valence-corrected chi connectivity index (χ1v) is 9.98. The second-order valence-corrected chi connectivity index (χ2v) is 7.40. The lowest BCUT2D eigenvalue weighted by atomic mass is 10.1. The largest absolute Gasteiger partial charge is 0.372 e. The van der Waals surface area contributed by atoms with Gasteiger partial charge in [0, 0.05) is 37.5 Å². The Morgan fingerprint density at radius 2 is 1.82 bits per heavy atom. The average molecular weight is 402 g/mol. The van der Waals surface area contributed by atoms with Crippen molar-refractivity contribution >= 4 is 28.9 Å². The molecule has 0 aromatic heterocycles. The number of nitro groups is 1. The summed E-state index contributed by atoms with van der Waals surface area (Å²) >= 11 is 6.00. The van der Waals surface area contributed by atoms with E-state index in [2.05, 4.69) is 34.5 Å². The van der Waals surface area contributed by atoms with Crippen molar-refractivity contribution in [2.45, 2.75) is 32.1 Å². The van der Waals surface area contributed by atoms with Crippen LogP contribution >= 0.6 is 11.6 Å². The summed E-state index contributed by atoms with van der Waals surface area (Å²) in [6.45, 7) is 2.74. The van der Waals surface area contributed by atoms with Gasteiger partial charge in [-0.15, -0.1) is 0 Å². The van der Waals surface area contributed by atoms with Gasteiger partial charge in [-0.3, -0.25) is 14.9 Å². The molecule has 0 aliphatic carbocycles. The summed E-state index contributed by atoms with van der Waals surface area (Å²) in [5, 5.41) is 13.8. The Morgan fingerprint density at radius 1 is 1.11 bits per heavy atom. The fourth-order valence-electron chi connectivity index (χ4n) is 3.42. The summed E-state index contributed by atoms with van der Waals surface area (Å²) in [5.41, 5.74) is 2.48. The highest BCUT2D eigenvalue weighted by Gasteiger charge is 2.15. The van der Waals surface area contributed by atoms with Crippen LogP contribution in [0.2, 0.25) is 5.02 Å². The number of nitro benzene ring substituents is 1. The van der Waals surface area contributed by atoms with E-state index >= 15 is 0 Å². The zero-order valence-electron chi connectivity index (χ0n) is 15.7. The van der Waals surface area contributed by atoms with Crippen molar-refractivity contribution in [3.63, 3.8) is 0 Å². The van der Waals surface area contributed by atoms with Crippen LogP contribution in [0.15, 0.2) is 42.5 Å². The molecule has 2 aromatic rings. The maximum Gasteiger partial charge on any atom is 0.270 e. The fourth-order valence-corrected chi connectivity index (χ4v) is 3.62. The lowest BCUT2D eigenvalue weighted by Gasteiger charge is -2.28. The van der Waals surface area contributed by atoms with E-state index in [1.165, 1.54) is 48.7 Å². The van der Waals surface area contributed by atoms with Crippen LogP contribution in [-0.2, 0) is 6.42 Å². The molecule has 0 atom stereocenters. The first-order chi connectivity index (χ1) is 13.5. The molecule has 6 nitrogen and oxygen atoms in total. The number of nitrogens with one attached hydrogen (secondary N) is 1. The van der Waals surface area contributed by atoms with Crippen LogP contribution in [0.5, 0.6) is 0 Å². The van der Waals surface area contributed by atoms with Crippen LogP contribution in [0.25, 0.3) is 0 Å². The SMILES string of the molecule is O=C(NCCCc1ccc(N2CCCCC2)cc1)c1cc([N+](=O)[O-])ccc1Cl. The zero-order chi connectivity index (χ0) is 19.9. The molecule has 1 aliphatic rings. The van der Waals surface area contributed by atoms with Crippen LogP contribution in [0, 0.1) is 10.1 Å². The summed E-state index contributed by atoms with van der Waals surface area (Å²) < 4.78 is 0. The van der Waals surface area contributed by atoms with E-state index < -0.39 is 10.8 Å². The predicted molar refractivity (Wildman–Crippen MR) is 111 cm³/mol. The number of non-ortho nitro benzene ring substituents is 1. The maximum absolute atomic E-state index is 12.2. The number of anilines is 1. The number of amides is 1. The van der Waals surface area contributed by atoms with Gasteiger partial charge in [-0.2, -0.15) is 0 Å². The van der Waals surface area contributed by atoms with E-state index in [-0.39, 0.29) is 16.3 Å². The number of aryl methyl sites for hydroxylation is 1. The first-order valence-electron chi connectivity index (χ1n) is 9.60. The summed E-state index contributed by atoms with van der Waals surface area (Å²) in [4.78, 5) is 25.0. The third kappa shape index (κ3) is 5.23. The second kappa shape index (κ2) is 9.55. The molecule has 0 saturated carbocycles. The van der Waals surface area contributed by atoms with E-state index in [0.29, 0.717) is 6.54 Å². The van der Waals surface area contributed by atoms with Gasteiger partial charge in [0.1, 0.15) is 0 Å². The highest BCUT2D eigenvalue weighted by Crippen LogP contribution is 2.22. The maximum atomic E-state index is 12.2. The third-order valence-corrected chi connectivity index (χ3v) is 5.32. The van der Waals surface area contributed by atoms with Crippen LogP contribution < -0.4 is 10.2 Å². The van der Waals surface area contributed by atoms with E-state index in [1.807, 2.05) is 0 Å². The van der Waals surface area contributed by atoms with Crippen molar-refractivity contribution < 1.29 is 9.72 Å². The van der Waals surface area contributed by atoms with Crippen molar-refractivity contribution in [3.8, 4) is 0 Å². The van der Waals surface area contributed by atoms with Gasteiger partial charge >= 0.3 is 0 Å². The van der Waals surface area contributed by atoms with Gasteiger partial charge in [0.05, 0.1) is 15.5 Å². The Balaban J connectivity index is 1.47. The number of rotatable bonds is 7. The van der Waals surface area contributed by atoms with Gasteiger partial charge in [0.15, 0.2) is 0 Å². The van der Waals surface area contributed by atoms with Gasteiger partial charge < -0.3 is 10.2 Å². The molecule has 1 amide bonds. The first kappa shape index (κ1) is 20.1. The molecule has 1 aliphatic heterocycles. The summed E-state index contributed by atoms with van der Waals surface area (Å²) in [5.74, 6) is -0.394. The minimum Gasteiger partial charge on any atom is -0.372 e. The van der Waals surface area contributed by atoms with E-state index in [1.54, 1.807) is 0 Å². The normalized spacial score (nSPS) is 14.0. The zero-order valence-corrected chi connectivity index (χ0v) is 16.5. The molecule has 148 valence electrons. The van der Waals surface area contributed by atoms with Crippen molar-refractivity contribution in [1.29, 1.82) is 0 Å². The van der Waals surface area contributed by atoms with Gasteiger partial charge in [-0.05, 0) is 55.9 Å². The number of carbonyl (C=O) groups is 1. The molecule has 1 fully saturated rings. The molecule has 0 spiro atoms. The number of piperidine rings is 1. The topological polar surface area (TPSA) is 75.5 Å². The van der Waals surface area contributed by atoms with E-state index in [0.717, 1.165) is 25.9 Å². The fraction of sp³-hybridized carbons (Fsp3) is 0.381. The Bertz CT molecular complexity index is 833. The van der Waals surface area contributed by atoms with Crippen molar-refractivity contribution in [1.82, 2.24) is 5.32 Å². The average Bonchev–Trinajstić information content (AvgIpc) is 2.72. The molecule has 1 saturated heterocycles. The lowest BCUT2D eigenvalue weighted by Crippen LogP contribution is -2.29. The molecule has 0 unspecified atom stereocenters. The summed E-state index contributed by atoms with van der Waals surface area (Å²) in [7, 11) is 0. The smallest absolute Gasteiger partial charge is 0.270 e. The number of carbonyl (C=O) groups excluding carboxylic acids is 1. The molecular weight excluding hydrogens is 378 g/mol. The molecule has 1 heterocycles. The van der Waals surface area contributed by atoms with E-state index in [4.69, 9.17) is 11.6 Å². The molecule has 1 N–H and O–H groups in total. The second-order valence-electron chi connectivity index (χ2n) is 6.99. The number of benzene rings is 2. The highest BCUT2D eigenvalue weighted by molar-refractivity contribution is 6.33. The van der Waals surface area contributed by atoms with E-state index in [9.17, 15) is 14.9 Å². The Kier molecular flexibility index (Phi) is 6.87. The molecule has 7 heteroatoms. The lowest BCUT2D eigenvalue weighted by molar-refractivity contribution is -0.384. The van der Waals surface area contributed by atoms with Gasteiger partial charge in [-0.25, -0.2) is 0 Å². The van der Waals surface area contributed by atoms with Crippen molar-refractivity contribution in [2.75, 3.05) is 24.5 Å². The molecule has 0 radical (unpaired) electrons. The van der Waals surface area contributed by atoms with Crippen LogP contribution in [0.4, 0.5) is 11.4 Å². The van der Waals surface area contributed by atoms with Gasteiger partial charge in [0.25, 0.3) is 11.6 Å². The Labute approximate surface area is 169 Å². The molecular formula is C21H24ClN3O3. The summed E-state index contributed by atoms with van der Waals surface area (Å²) in [6, 6.07) is 12.5. The number of hydrogen-bond donors (Lipinski definition) is 1. The third-order valence-electron chi connectivity index (χ3n) is 4.99.